The lowest BCUT2D eigenvalue weighted by atomic mass is 10.4. The van der Waals surface area contributed by atoms with E-state index in [1.54, 1.807) is 12.4 Å². The Morgan fingerprint density at radius 1 is 1.29 bits per heavy atom. The molecule has 0 N–H and O–H groups in total. The van der Waals surface area contributed by atoms with Gasteiger partial charge >= 0.3 is 0 Å². The van der Waals surface area contributed by atoms with Crippen molar-refractivity contribution in [3.63, 3.8) is 0 Å². The van der Waals surface area contributed by atoms with Crippen LogP contribution in [0.4, 0.5) is 0 Å². The first kappa shape index (κ1) is 4.12. The first-order valence-corrected chi connectivity index (χ1v) is 1.96. The number of hydrogen-bond acceptors (Lipinski definition) is 2. The Hall–Kier alpha value is -1.05. The summed E-state index contributed by atoms with van der Waals surface area (Å²) < 4.78 is 0. The van der Waals surface area contributed by atoms with Gasteiger partial charge in [-0.05, 0) is 0 Å². The molecule has 0 atom stereocenters. The van der Waals surface area contributed by atoms with Gasteiger partial charge in [0.2, 0.25) is 0 Å². The summed E-state index contributed by atoms with van der Waals surface area (Å²) >= 11 is 0. The molecule has 2 nitrogen and oxygen atoms in total. The van der Waals surface area contributed by atoms with Crippen LogP contribution in [0.25, 0.3) is 0 Å². The summed E-state index contributed by atoms with van der Waals surface area (Å²) in [5, 5.41) is 0. The third kappa shape index (κ3) is 0.892. The van der Waals surface area contributed by atoms with Crippen LogP contribution >= 0.6 is 0 Å². The van der Waals surface area contributed by atoms with Crippen LogP contribution < -0.4 is 0 Å². The van der Waals surface area contributed by atoms with Gasteiger partial charge in [0.1, 0.15) is 0 Å². The van der Waals surface area contributed by atoms with Crippen molar-refractivity contribution in [2.45, 2.75) is 0 Å². The Morgan fingerprint density at radius 3 is 2.14 bits per heavy atom. The van der Waals surface area contributed by atoms with E-state index in [-0.39, 0.29) is 0 Å². The second kappa shape index (κ2) is 1.60. The van der Waals surface area contributed by atoms with Crippen LogP contribution in [0.15, 0.2) is 18.7 Å². The summed E-state index contributed by atoms with van der Waals surface area (Å²) in [4.78, 5) is 7.42. The van der Waals surface area contributed by atoms with Crippen molar-refractivity contribution in [3.8, 4) is 0 Å². The molecule has 1 heterocycles. The van der Waals surface area contributed by atoms with Crippen molar-refractivity contribution < 1.29 is 0 Å². The topological polar surface area (TPSA) is 25.8 Å². The molecular formula is C5H5N2-. The lowest BCUT2D eigenvalue weighted by Gasteiger charge is -1.92. The summed E-state index contributed by atoms with van der Waals surface area (Å²) in [6.07, 6.45) is 4.80. The van der Waals surface area contributed by atoms with Gasteiger partial charge in [0.15, 0.2) is 0 Å². The molecular weight excluding hydrogens is 88.1 g/mol. The largest absolute Gasteiger partial charge is 0.311 e. The zero-order valence-corrected chi connectivity index (χ0v) is 3.83. The van der Waals surface area contributed by atoms with Crippen molar-refractivity contribution in [1.82, 2.24) is 9.97 Å². The fraction of sp³-hybridized carbons (Fsp3) is 0. The van der Waals surface area contributed by atoms with Gasteiger partial charge in [-0.3, -0.25) is 0 Å². The number of aromatic nitrogens is 2. The molecule has 0 saturated carbocycles. The maximum Gasteiger partial charge on any atom is 0.0877 e. The predicted octanol–water partition coefficient (Wildman–Crippen LogP) is 0.659. The van der Waals surface area contributed by atoms with Crippen molar-refractivity contribution in [3.05, 3.63) is 31.2 Å². The van der Waals surface area contributed by atoms with Gasteiger partial charge in [-0.1, -0.05) is 12.4 Å². The highest BCUT2D eigenvalue weighted by atomic mass is 14.8. The zero-order chi connectivity index (χ0) is 5.11. The van der Waals surface area contributed by atoms with Gasteiger partial charge in [0.05, 0.1) is 6.33 Å². The smallest absolute Gasteiger partial charge is 0.0877 e. The van der Waals surface area contributed by atoms with E-state index in [1.807, 2.05) is 0 Å². The fourth-order valence-corrected chi connectivity index (χ4v) is 0.330. The average Bonchev–Trinajstić information content (AvgIpc) is 1.69. The maximum atomic E-state index is 3.71. The summed E-state index contributed by atoms with van der Waals surface area (Å²) in [6.45, 7) is 3.60. The Kier molecular flexibility index (Phi) is 0.941. The van der Waals surface area contributed by atoms with Gasteiger partial charge in [-0.15, -0.1) is 0 Å². The molecule has 0 aliphatic heterocycles. The number of rotatable bonds is 0. The van der Waals surface area contributed by atoms with E-state index in [0.717, 1.165) is 5.56 Å². The quantitative estimate of drug-likeness (QED) is 0.440. The third-order valence-corrected chi connectivity index (χ3v) is 0.614. The molecule has 0 aliphatic carbocycles. The van der Waals surface area contributed by atoms with Gasteiger partial charge in [-0.2, -0.15) is 12.5 Å². The van der Waals surface area contributed by atoms with E-state index >= 15 is 0 Å². The summed E-state index contributed by atoms with van der Waals surface area (Å²) in [6, 6.07) is 0. The fourth-order valence-electron chi connectivity index (χ4n) is 0.330. The van der Waals surface area contributed by atoms with Gasteiger partial charge in [0.25, 0.3) is 0 Å². The predicted molar refractivity (Wildman–Crippen MR) is 26.5 cm³/mol. The van der Waals surface area contributed by atoms with Gasteiger partial charge in [-0.25, -0.2) is 0 Å². The first-order chi connectivity index (χ1) is 3.39. The molecule has 1 rings (SSSR count). The second-order valence-corrected chi connectivity index (χ2v) is 1.25. The average molecular weight is 93.1 g/mol. The lowest BCUT2D eigenvalue weighted by Crippen LogP contribution is -1.75. The normalized spacial score (nSPS) is 8.57. The molecule has 0 bridgehead atoms. The van der Waals surface area contributed by atoms with Crippen molar-refractivity contribution in [2.24, 2.45) is 0 Å². The Bertz CT molecular complexity index is 136. The standard InChI is InChI=1S/C5H5N2/c1-5-2-6-4-7-3-5/h2-4H,1H2/q-1. The van der Waals surface area contributed by atoms with Crippen LogP contribution in [-0.2, 0) is 0 Å². The van der Waals surface area contributed by atoms with Crippen molar-refractivity contribution >= 4 is 0 Å². The van der Waals surface area contributed by atoms with Crippen molar-refractivity contribution in [2.75, 3.05) is 0 Å². The van der Waals surface area contributed by atoms with Crippen LogP contribution in [0.5, 0.6) is 0 Å². The highest BCUT2D eigenvalue weighted by Crippen LogP contribution is 1.84. The molecule has 0 saturated heterocycles. The molecule has 0 amide bonds. The van der Waals surface area contributed by atoms with E-state index in [9.17, 15) is 0 Å². The van der Waals surface area contributed by atoms with Crippen LogP contribution in [0.3, 0.4) is 0 Å². The van der Waals surface area contributed by atoms with Gasteiger partial charge in [0, 0.05) is 0 Å². The van der Waals surface area contributed by atoms with E-state index < -0.39 is 0 Å². The number of nitrogens with zero attached hydrogens (tertiary/aromatic N) is 2. The molecule has 0 aromatic carbocycles. The molecule has 0 aliphatic rings. The van der Waals surface area contributed by atoms with Crippen LogP contribution in [0, 0.1) is 6.92 Å². The molecule has 1 aromatic rings. The van der Waals surface area contributed by atoms with Gasteiger partial charge < -0.3 is 9.97 Å². The first-order valence-electron chi connectivity index (χ1n) is 1.96. The molecule has 7 heavy (non-hydrogen) atoms. The zero-order valence-electron chi connectivity index (χ0n) is 3.83. The number of hydrogen-bond donors (Lipinski definition) is 0. The van der Waals surface area contributed by atoms with E-state index in [1.165, 1.54) is 6.33 Å². The highest BCUT2D eigenvalue weighted by molar-refractivity contribution is 5.04. The Morgan fingerprint density at radius 2 is 1.86 bits per heavy atom. The van der Waals surface area contributed by atoms with E-state index in [2.05, 4.69) is 16.9 Å². The molecule has 0 unspecified atom stereocenters. The van der Waals surface area contributed by atoms with Crippen LogP contribution in [0.1, 0.15) is 5.56 Å². The SMILES string of the molecule is [CH2-]c1cncnc1. The molecule has 2 heteroatoms. The highest BCUT2D eigenvalue weighted by Gasteiger charge is 1.63. The minimum atomic E-state index is 0.850. The summed E-state index contributed by atoms with van der Waals surface area (Å²) in [7, 11) is 0. The summed E-state index contributed by atoms with van der Waals surface area (Å²) in [5.41, 5.74) is 0.850. The second-order valence-electron chi connectivity index (χ2n) is 1.25. The Balaban J connectivity index is 3.02. The van der Waals surface area contributed by atoms with E-state index in [4.69, 9.17) is 0 Å². The Labute approximate surface area is 42.2 Å². The van der Waals surface area contributed by atoms with Crippen molar-refractivity contribution in [1.29, 1.82) is 0 Å². The minimum absolute atomic E-state index is 0.850. The van der Waals surface area contributed by atoms with E-state index in [0.29, 0.717) is 0 Å². The summed E-state index contributed by atoms with van der Waals surface area (Å²) in [5.74, 6) is 0. The minimum Gasteiger partial charge on any atom is -0.311 e. The molecule has 0 spiro atoms. The molecule has 0 fully saturated rings. The molecule has 36 valence electrons. The lowest BCUT2D eigenvalue weighted by molar-refractivity contribution is 1.15. The third-order valence-electron chi connectivity index (χ3n) is 0.614. The monoisotopic (exact) mass is 93.0 g/mol. The maximum absolute atomic E-state index is 3.71. The molecule has 1 aromatic heterocycles. The molecule has 0 radical (unpaired) electrons. The van der Waals surface area contributed by atoms with Crippen LogP contribution in [-0.4, -0.2) is 9.97 Å². The van der Waals surface area contributed by atoms with Crippen LogP contribution in [0.2, 0.25) is 0 Å².